The van der Waals surface area contributed by atoms with Gasteiger partial charge in [-0.05, 0) is 30.4 Å². The molecule has 20 heavy (non-hydrogen) atoms. The quantitative estimate of drug-likeness (QED) is 0.850. The Morgan fingerprint density at radius 2 is 2.00 bits per heavy atom. The average molecular weight is 273 g/mol. The normalized spacial score (nSPS) is 22.1. The van der Waals surface area contributed by atoms with E-state index in [1.54, 1.807) is 0 Å². The Morgan fingerprint density at radius 1 is 1.20 bits per heavy atom. The predicted octanol–water partition coefficient (Wildman–Crippen LogP) is 3.71. The zero-order valence-corrected chi connectivity index (χ0v) is 11.9. The summed E-state index contributed by atoms with van der Waals surface area (Å²) in [5.41, 5.74) is 2.42. The number of hydrogen-bond acceptors (Lipinski definition) is 3. The van der Waals surface area contributed by atoms with Crippen LogP contribution in [0.15, 0.2) is 24.3 Å². The Hall–Kier alpha value is -1.51. The second-order valence-electron chi connectivity index (χ2n) is 6.06. The lowest BCUT2D eigenvalue weighted by molar-refractivity contribution is -0.145. The maximum atomic E-state index is 12.0. The maximum absolute atomic E-state index is 12.0. The fraction of sp³-hybridized carbons (Fsp3) is 0.588. The third-order valence-electron chi connectivity index (χ3n) is 4.56. The van der Waals surface area contributed by atoms with Crippen molar-refractivity contribution in [1.82, 2.24) is 0 Å². The van der Waals surface area contributed by atoms with Crippen LogP contribution in [0.3, 0.4) is 0 Å². The van der Waals surface area contributed by atoms with E-state index in [2.05, 4.69) is 17.4 Å². The number of hydrogen-bond donors (Lipinski definition) is 1. The predicted molar refractivity (Wildman–Crippen MR) is 79.8 cm³/mol. The number of fused-ring (bicyclic) bond motifs is 1. The highest BCUT2D eigenvalue weighted by molar-refractivity contribution is 5.72. The van der Waals surface area contributed by atoms with Crippen LogP contribution in [0.1, 0.15) is 50.0 Å². The molecule has 108 valence electrons. The van der Waals surface area contributed by atoms with Crippen molar-refractivity contribution < 1.29 is 9.53 Å². The number of esters is 1. The standard InChI is InChI=1S/C17H23NO2/c19-17(20-12-13-6-2-1-3-7-13)10-14-11-18-16-9-5-4-8-15(14)16/h4-5,8-9,13-14,18H,1-3,6-7,10-12H2. The molecule has 1 aromatic rings. The smallest absolute Gasteiger partial charge is 0.306 e. The zero-order chi connectivity index (χ0) is 13.8. The molecule has 1 atom stereocenters. The SMILES string of the molecule is O=C(CC1CNc2ccccc21)OCC1CCCCC1. The van der Waals surface area contributed by atoms with Crippen molar-refractivity contribution >= 4 is 11.7 Å². The third-order valence-corrected chi connectivity index (χ3v) is 4.56. The molecule has 0 spiro atoms. The fourth-order valence-corrected chi connectivity index (χ4v) is 3.36. The Morgan fingerprint density at radius 3 is 2.85 bits per heavy atom. The average Bonchev–Trinajstić information content (AvgIpc) is 2.90. The van der Waals surface area contributed by atoms with Crippen molar-refractivity contribution in [2.45, 2.75) is 44.4 Å². The molecule has 1 fully saturated rings. The van der Waals surface area contributed by atoms with Crippen molar-refractivity contribution in [2.24, 2.45) is 5.92 Å². The number of nitrogens with one attached hydrogen (secondary N) is 1. The van der Waals surface area contributed by atoms with Gasteiger partial charge in [0.25, 0.3) is 0 Å². The molecular weight excluding hydrogens is 250 g/mol. The molecule has 3 nitrogen and oxygen atoms in total. The first-order chi connectivity index (χ1) is 9.83. The minimum atomic E-state index is -0.0425. The van der Waals surface area contributed by atoms with Gasteiger partial charge in [0.2, 0.25) is 0 Å². The Kier molecular flexibility index (Phi) is 4.24. The van der Waals surface area contributed by atoms with Gasteiger partial charge in [0, 0.05) is 18.2 Å². The van der Waals surface area contributed by atoms with Crippen LogP contribution in [-0.4, -0.2) is 19.1 Å². The van der Waals surface area contributed by atoms with E-state index in [-0.39, 0.29) is 11.9 Å². The maximum Gasteiger partial charge on any atom is 0.306 e. The minimum absolute atomic E-state index is 0.0425. The van der Waals surface area contributed by atoms with E-state index >= 15 is 0 Å². The molecular formula is C17H23NO2. The van der Waals surface area contributed by atoms with Gasteiger partial charge in [-0.2, -0.15) is 0 Å². The molecule has 2 aliphatic rings. The van der Waals surface area contributed by atoms with E-state index < -0.39 is 0 Å². The molecule has 1 N–H and O–H groups in total. The summed E-state index contributed by atoms with van der Waals surface area (Å²) in [7, 11) is 0. The molecule has 1 aliphatic carbocycles. The summed E-state index contributed by atoms with van der Waals surface area (Å²) in [6.45, 7) is 1.47. The molecule has 0 aromatic heterocycles. The van der Waals surface area contributed by atoms with E-state index in [4.69, 9.17) is 4.74 Å². The van der Waals surface area contributed by atoms with Gasteiger partial charge in [-0.15, -0.1) is 0 Å². The summed E-state index contributed by atoms with van der Waals surface area (Å²) < 4.78 is 5.49. The van der Waals surface area contributed by atoms with E-state index in [1.807, 2.05) is 12.1 Å². The van der Waals surface area contributed by atoms with Crippen LogP contribution in [0.4, 0.5) is 5.69 Å². The number of rotatable bonds is 4. The van der Waals surface area contributed by atoms with Gasteiger partial charge in [-0.3, -0.25) is 4.79 Å². The van der Waals surface area contributed by atoms with Crippen LogP contribution in [-0.2, 0) is 9.53 Å². The van der Waals surface area contributed by atoms with Crippen LogP contribution >= 0.6 is 0 Å². The van der Waals surface area contributed by atoms with Gasteiger partial charge in [0.1, 0.15) is 0 Å². The number of para-hydroxylation sites is 1. The largest absolute Gasteiger partial charge is 0.465 e. The lowest BCUT2D eigenvalue weighted by Gasteiger charge is -2.21. The highest BCUT2D eigenvalue weighted by Crippen LogP contribution is 2.33. The first-order valence-electron chi connectivity index (χ1n) is 7.81. The Labute approximate surface area is 120 Å². The van der Waals surface area contributed by atoms with E-state index in [0.717, 1.165) is 12.2 Å². The Bertz CT molecular complexity index is 466. The summed E-state index contributed by atoms with van der Waals surface area (Å²) in [6.07, 6.45) is 6.87. The number of anilines is 1. The van der Waals surface area contributed by atoms with Crippen molar-refractivity contribution in [3.05, 3.63) is 29.8 Å². The summed E-state index contributed by atoms with van der Waals surface area (Å²) in [4.78, 5) is 12.0. The monoisotopic (exact) mass is 273 g/mol. The second-order valence-corrected chi connectivity index (χ2v) is 6.06. The van der Waals surface area contributed by atoms with Gasteiger partial charge >= 0.3 is 5.97 Å². The molecule has 1 saturated carbocycles. The first-order valence-corrected chi connectivity index (χ1v) is 7.81. The van der Waals surface area contributed by atoms with Crippen LogP contribution in [0.5, 0.6) is 0 Å². The van der Waals surface area contributed by atoms with Gasteiger partial charge in [0.15, 0.2) is 0 Å². The van der Waals surface area contributed by atoms with E-state index in [9.17, 15) is 4.79 Å². The molecule has 0 radical (unpaired) electrons. The van der Waals surface area contributed by atoms with E-state index in [1.165, 1.54) is 37.7 Å². The molecule has 3 heteroatoms. The van der Waals surface area contributed by atoms with Gasteiger partial charge < -0.3 is 10.1 Å². The van der Waals surface area contributed by atoms with Crippen molar-refractivity contribution in [1.29, 1.82) is 0 Å². The second kappa shape index (κ2) is 6.29. The molecule has 1 unspecified atom stereocenters. The molecule has 0 bridgehead atoms. The van der Waals surface area contributed by atoms with Crippen LogP contribution < -0.4 is 5.32 Å². The lowest BCUT2D eigenvalue weighted by atomic mass is 9.90. The molecule has 0 amide bonds. The number of carbonyl (C=O) groups excluding carboxylic acids is 1. The first kappa shape index (κ1) is 13.5. The van der Waals surface area contributed by atoms with Gasteiger partial charge in [-0.25, -0.2) is 0 Å². The molecule has 3 rings (SSSR count). The number of carbonyl (C=O) groups is 1. The van der Waals surface area contributed by atoms with Gasteiger partial charge in [-0.1, -0.05) is 37.5 Å². The van der Waals surface area contributed by atoms with Crippen LogP contribution in [0.2, 0.25) is 0 Å². The molecule has 0 saturated heterocycles. The lowest BCUT2D eigenvalue weighted by Crippen LogP contribution is -2.18. The third kappa shape index (κ3) is 3.14. The highest BCUT2D eigenvalue weighted by Gasteiger charge is 2.25. The molecule has 1 aromatic carbocycles. The van der Waals surface area contributed by atoms with Crippen molar-refractivity contribution in [3.63, 3.8) is 0 Å². The summed E-state index contributed by atoms with van der Waals surface area (Å²) in [5, 5.41) is 3.35. The topological polar surface area (TPSA) is 38.3 Å². The highest BCUT2D eigenvalue weighted by atomic mass is 16.5. The van der Waals surface area contributed by atoms with Crippen molar-refractivity contribution in [3.8, 4) is 0 Å². The molecule has 1 aliphatic heterocycles. The molecule has 1 heterocycles. The fourth-order valence-electron chi connectivity index (χ4n) is 3.36. The van der Waals surface area contributed by atoms with Crippen LogP contribution in [0.25, 0.3) is 0 Å². The van der Waals surface area contributed by atoms with Crippen molar-refractivity contribution in [2.75, 3.05) is 18.5 Å². The summed E-state index contributed by atoms with van der Waals surface area (Å²) in [5.74, 6) is 0.825. The Balaban J connectivity index is 1.47. The zero-order valence-electron chi connectivity index (χ0n) is 11.9. The minimum Gasteiger partial charge on any atom is -0.465 e. The van der Waals surface area contributed by atoms with E-state index in [0.29, 0.717) is 18.9 Å². The summed E-state index contributed by atoms with van der Waals surface area (Å²) >= 11 is 0. The number of ether oxygens (including phenoxy) is 1. The summed E-state index contributed by atoms with van der Waals surface area (Å²) in [6, 6.07) is 8.24. The van der Waals surface area contributed by atoms with Gasteiger partial charge in [0.05, 0.1) is 13.0 Å². The van der Waals surface area contributed by atoms with Crippen LogP contribution in [0, 0.1) is 5.92 Å². The number of benzene rings is 1.